The van der Waals surface area contributed by atoms with Crippen LogP contribution in [0, 0.1) is 11.8 Å². The van der Waals surface area contributed by atoms with Gasteiger partial charge in [-0.3, -0.25) is 24.4 Å². The lowest BCUT2D eigenvalue weighted by molar-refractivity contribution is -0.146. The zero-order chi connectivity index (χ0) is 42.9. The average Bonchev–Trinajstić information content (AvgIpc) is 3.15. The van der Waals surface area contributed by atoms with E-state index >= 15 is 0 Å². The van der Waals surface area contributed by atoms with Crippen molar-refractivity contribution in [1.29, 1.82) is 0 Å². The molecule has 14 nitrogen and oxygen atoms in total. The summed E-state index contributed by atoms with van der Waals surface area (Å²) in [6.45, 7) is 11.9. The summed E-state index contributed by atoms with van der Waals surface area (Å²) in [5, 5.41) is 22.6. The number of aliphatic hydroxyl groups excluding tert-OH is 1. The first kappa shape index (κ1) is 47.0. The predicted octanol–water partition coefficient (Wildman–Crippen LogP) is 6.29. The summed E-state index contributed by atoms with van der Waals surface area (Å²) in [4.78, 5) is 48.2. The molecule has 14 heteroatoms. The second kappa shape index (κ2) is 23.1. The van der Waals surface area contributed by atoms with Crippen LogP contribution in [-0.2, 0) is 33.8 Å². The van der Waals surface area contributed by atoms with Gasteiger partial charge in [0.15, 0.2) is 11.7 Å². The molecule has 0 unspecified atom stereocenters. The van der Waals surface area contributed by atoms with Crippen molar-refractivity contribution < 1.29 is 38.4 Å². The Morgan fingerprint density at radius 3 is 2.02 bits per heavy atom. The van der Waals surface area contributed by atoms with Crippen molar-refractivity contribution in [2.24, 2.45) is 39.0 Å². The number of rotatable bonds is 24. The standard InChI is InChI=1S/C44H63N5O9/c1-26(2)14-16-32-34(24-50)36(57-25-31(51)21-28(5)11-8-19-49-44(46)47)23-37-39(32)42(53)40-38(58-37)22-35(33(41(40)52)17-15-27(3)4)56-20-10-13-30(43(54)55-7)12-9-18-48-29(6)45/h14-15,22-23,28,30,50,52H,8-13,16-21,24-25H2,1-7H3,(H2,45,48)(H4,46,47,49)/t28-,30+/m1/s1. The van der Waals surface area contributed by atoms with Gasteiger partial charge in [0.2, 0.25) is 5.43 Å². The topological polar surface area (TPSA) is 235 Å². The van der Waals surface area contributed by atoms with Crippen LogP contribution in [0.2, 0.25) is 0 Å². The number of Topliss-reactive ketones (excluding diaryl/α,β-unsaturated/α-hetero) is 1. The number of hydrogen-bond donors (Lipinski definition) is 5. The number of nitrogens with zero attached hydrogens (tertiary/aromatic N) is 2. The highest BCUT2D eigenvalue weighted by molar-refractivity contribution is 5.97. The summed E-state index contributed by atoms with van der Waals surface area (Å²) in [5.74, 6) is 0.0997. The van der Waals surface area contributed by atoms with E-state index in [0.29, 0.717) is 67.0 Å². The van der Waals surface area contributed by atoms with Crippen LogP contribution in [0.25, 0.3) is 21.9 Å². The fourth-order valence-electron chi connectivity index (χ4n) is 6.74. The van der Waals surface area contributed by atoms with Gasteiger partial charge in [-0.15, -0.1) is 0 Å². The molecule has 0 aliphatic carbocycles. The van der Waals surface area contributed by atoms with Crippen molar-refractivity contribution >= 4 is 45.5 Å². The minimum absolute atomic E-state index is 0.0156. The SMILES string of the molecule is COC(=O)[C@@H](CCCN=C(C)N)CCCOc1cc2oc3cc(OCC(=O)C[C@H](C)CCCN=C(N)N)c(CO)c(CC=C(C)C)c3c(=O)c2c(O)c1CC=C(C)C. The molecule has 3 rings (SSSR count). The predicted molar refractivity (Wildman–Crippen MR) is 230 cm³/mol. The van der Waals surface area contributed by atoms with Crippen LogP contribution in [0.3, 0.4) is 0 Å². The van der Waals surface area contributed by atoms with Crippen LogP contribution in [-0.4, -0.2) is 67.2 Å². The van der Waals surface area contributed by atoms with E-state index in [9.17, 15) is 24.6 Å². The molecule has 0 bridgehead atoms. The largest absolute Gasteiger partial charge is 0.507 e. The average molecular weight is 806 g/mol. The van der Waals surface area contributed by atoms with Gasteiger partial charge in [-0.1, -0.05) is 30.2 Å². The number of guanidine groups is 1. The fourth-order valence-corrected chi connectivity index (χ4v) is 6.74. The zero-order valence-electron chi connectivity index (χ0n) is 35.2. The second-order valence-corrected chi connectivity index (χ2v) is 15.3. The van der Waals surface area contributed by atoms with E-state index in [2.05, 4.69) is 9.98 Å². The molecule has 8 N–H and O–H groups in total. The van der Waals surface area contributed by atoms with E-state index in [0.717, 1.165) is 24.0 Å². The number of nitrogens with two attached hydrogens (primary N) is 3. The summed E-state index contributed by atoms with van der Waals surface area (Å²) >= 11 is 0. The van der Waals surface area contributed by atoms with Gasteiger partial charge in [0.25, 0.3) is 0 Å². The lowest BCUT2D eigenvalue weighted by Gasteiger charge is -2.18. The van der Waals surface area contributed by atoms with Crippen LogP contribution in [0.5, 0.6) is 17.2 Å². The highest BCUT2D eigenvalue weighted by Gasteiger charge is 2.25. The third kappa shape index (κ3) is 13.9. The van der Waals surface area contributed by atoms with Gasteiger partial charge in [0.1, 0.15) is 40.4 Å². The number of fused-ring (bicyclic) bond motifs is 2. The number of aliphatic hydroxyl groups is 1. The van der Waals surface area contributed by atoms with E-state index in [1.165, 1.54) is 13.2 Å². The van der Waals surface area contributed by atoms with Crippen LogP contribution in [0.15, 0.2) is 54.6 Å². The van der Waals surface area contributed by atoms with Gasteiger partial charge < -0.3 is 46.0 Å². The van der Waals surface area contributed by atoms with Crippen molar-refractivity contribution in [3.05, 3.63) is 62.3 Å². The highest BCUT2D eigenvalue weighted by atomic mass is 16.5. The summed E-state index contributed by atoms with van der Waals surface area (Å²) < 4.78 is 23.7. The summed E-state index contributed by atoms with van der Waals surface area (Å²) in [5.41, 5.74) is 19.5. The van der Waals surface area contributed by atoms with E-state index in [4.69, 9.17) is 35.8 Å². The molecular weight excluding hydrogens is 743 g/mol. The molecule has 2 atom stereocenters. The van der Waals surface area contributed by atoms with Crippen LogP contribution in [0.4, 0.5) is 0 Å². The van der Waals surface area contributed by atoms with E-state index in [1.807, 2.05) is 46.8 Å². The Labute approximate surface area is 341 Å². The number of ether oxygens (including phenoxy) is 3. The maximum absolute atomic E-state index is 14.5. The maximum Gasteiger partial charge on any atom is 0.308 e. The number of hydrogen-bond acceptors (Lipinski definition) is 11. The van der Waals surface area contributed by atoms with Crippen molar-refractivity contribution in [2.45, 2.75) is 106 Å². The van der Waals surface area contributed by atoms with E-state index < -0.39 is 12.0 Å². The molecule has 2 aromatic carbocycles. The number of esters is 1. The molecule has 0 fully saturated rings. The molecule has 318 valence electrons. The number of ketones is 1. The first-order valence-corrected chi connectivity index (χ1v) is 19.9. The number of allylic oxidation sites excluding steroid dienone is 4. The molecule has 0 saturated carbocycles. The van der Waals surface area contributed by atoms with Gasteiger partial charge >= 0.3 is 5.97 Å². The van der Waals surface area contributed by atoms with Gasteiger partial charge in [0.05, 0.1) is 37.5 Å². The van der Waals surface area contributed by atoms with Crippen molar-refractivity contribution in [1.82, 2.24) is 0 Å². The molecule has 0 radical (unpaired) electrons. The molecule has 0 saturated heterocycles. The Hall–Kier alpha value is -5.37. The summed E-state index contributed by atoms with van der Waals surface area (Å²) in [7, 11) is 1.37. The smallest absolute Gasteiger partial charge is 0.308 e. The normalized spacial score (nSPS) is 12.5. The number of amidine groups is 1. The number of phenols is 1. The minimum Gasteiger partial charge on any atom is -0.507 e. The third-order valence-electron chi connectivity index (χ3n) is 9.74. The number of aliphatic imine (C=N–C) groups is 2. The Kier molecular flexibility index (Phi) is 18.8. The quantitative estimate of drug-likeness (QED) is 0.0168. The maximum atomic E-state index is 14.5. The second-order valence-electron chi connectivity index (χ2n) is 15.3. The fraction of sp³-hybridized carbons (Fsp3) is 0.523. The Bertz CT molecular complexity index is 2070. The van der Waals surface area contributed by atoms with E-state index in [1.54, 1.807) is 13.0 Å². The minimum atomic E-state index is -0.474. The van der Waals surface area contributed by atoms with Gasteiger partial charge in [0, 0.05) is 42.8 Å². The highest BCUT2D eigenvalue weighted by Crippen LogP contribution is 2.39. The molecule has 0 spiro atoms. The van der Waals surface area contributed by atoms with Crippen molar-refractivity contribution in [2.75, 3.05) is 33.4 Å². The summed E-state index contributed by atoms with van der Waals surface area (Å²) in [6, 6.07) is 3.12. The Morgan fingerprint density at radius 1 is 0.828 bits per heavy atom. The molecule has 0 aliphatic heterocycles. The van der Waals surface area contributed by atoms with E-state index in [-0.39, 0.29) is 95.5 Å². The zero-order valence-corrected chi connectivity index (χ0v) is 35.2. The number of benzene rings is 2. The number of aromatic hydroxyl groups is 1. The number of phenolic OH excluding ortho intramolecular Hbond substituents is 1. The molecule has 0 amide bonds. The third-order valence-corrected chi connectivity index (χ3v) is 9.74. The van der Waals surface area contributed by atoms with Crippen molar-refractivity contribution in [3.8, 4) is 17.2 Å². The van der Waals surface area contributed by atoms with Crippen LogP contribution >= 0.6 is 0 Å². The van der Waals surface area contributed by atoms with Crippen LogP contribution in [0.1, 0.15) is 103 Å². The van der Waals surface area contributed by atoms with Crippen molar-refractivity contribution in [3.63, 3.8) is 0 Å². The number of methoxy groups -OCH3 is 1. The Balaban J connectivity index is 2.04. The van der Waals surface area contributed by atoms with Gasteiger partial charge in [-0.05, 0) is 97.5 Å². The molecule has 58 heavy (non-hydrogen) atoms. The number of carbonyl (C=O) groups excluding carboxylic acids is 2. The molecule has 1 aromatic heterocycles. The lowest BCUT2D eigenvalue weighted by Crippen LogP contribution is -2.23. The first-order valence-electron chi connectivity index (χ1n) is 19.9. The molecule has 0 aliphatic rings. The van der Waals surface area contributed by atoms with Gasteiger partial charge in [-0.2, -0.15) is 0 Å². The monoisotopic (exact) mass is 805 g/mol. The molecule has 3 aromatic rings. The molecule has 1 heterocycles. The Morgan fingerprint density at radius 2 is 1.41 bits per heavy atom. The first-order chi connectivity index (χ1) is 27.6. The summed E-state index contributed by atoms with van der Waals surface area (Å²) in [6.07, 6.45) is 8.43. The lowest BCUT2D eigenvalue weighted by atomic mass is 9.95. The number of carbonyl (C=O) groups is 2. The van der Waals surface area contributed by atoms with Gasteiger partial charge in [-0.25, -0.2) is 0 Å². The molecular formula is C44H63N5O9. The van der Waals surface area contributed by atoms with Crippen LogP contribution < -0.4 is 32.1 Å².